The maximum Gasteiger partial charge on any atom is 0.0558 e. The summed E-state index contributed by atoms with van der Waals surface area (Å²) in [5, 5.41) is 9.08. The van der Waals surface area contributed by atoms with E-state index < -0.39 is 0 Å². The van der Waals surface area contributed by atoms with E-state index in [2.05, 4.69) is 35.2 Å². The van der Waals surface area contributed by atoms with Crippen LogP contribution in [0.15, 0.2) is 30.3 Å². The van der Waals surface area contributed by atoms with Crippen molar-refractivity contribution in [2.45, 2.75) is 38.1 Å². The summed E-state index contributed by atoms with van der Waals surface area (Å²) in [6, 6.07) is 11.4. The van der Waals surface area contributed by atoms with Gasteiger partial charge in [0.1, 0.15) is 0 Å². The molecule has 1 heterocycles. The third-order valence-corrected chi connectivity index (χ3v) is 3.75. The molecule has 1 unspecified atom stereocenters. The van der Waals surface area contributed by atoms with E-state index in [0.717, 1.165) is 13.0 Å². The lowest BCUT2D eigenvalue weighted by Crippen LogP contribution is -2.41. The molecule has 17 heavy (non-hydrogen) atoms. The predicted octanol–water partition coefficient (Wildman–Crippen LogP) is 2.47. The Morgan fingerprint density at radius 2 is 2.00 bits per heavy atom. The van der Waals surface area contributed by atoms with Crippen LogP contribution in [0.5, 0.6) is 0 Å². The second-order valence-corrected chi connectivity index (χ2v) is 4.93. The Kier molecular flexibility index (Phi) is 5.02. The highest BCUT2D eigenvalue weighted by Crippen LogP contribution is 2.20. The second-order valence-electron chi connectivity index (χ2n) is 4.93. The number of hydrogen-bond acceptors (Lipinski definition) is 2. The van der Waals surface area contributed by atoms with Crippen molar-refractivity contribution < 1.29 is 5.11 Å². The van der Waals surface area contributed by atoms with Crippen molar-refractivity contribution in [2.75, 3.05) is 19.7 Å². The molecule has 1 aliphatic heterocycles. The fraction of sp³-hybridized carbons (Fsp3) is 0.600. The van der Waals surface area contributed by atoms with Crippen LogP contribution in [0.3, 0.4) is 0 Å². The van der Waals surface area contributed by atoms with Gasteiger partial charge < -0.3 is 5.11 Å². The van der Waals surface area contributed by atoms with Crippen LogP contribution in [0, 0.1) is 0 Å². The Labute approximate surface area is 104 Å². The van der Waals surface area contributed by atoms with Gasteiger partial charge in [-0.05, 0) is 37.8 Å². The number of aliphatic hydroxyl groups is 1. The van der Waals surface area contributed by atoms with Crippen LogP contribution in [0.2, 0.25) is 0 Å². The van der Waals surface area contributed by atoms with Gasteiger partial charge in [0, 0.05) is 12.6 Å². The Morgan fingerprint density at radius 3 is 2.76 bits per heavy atom. The van der Waals surface area contributed by atoms with Crippen molar-refractivity contribution in [3.63, 3.8) is 0 Å². The molecule has 2 rings (SSSR count). The largest absolute Gasteiger partial charge is 0.395 e. The number of nitrogens with zero attached hydrogens (tertiary/aromatic N) is 1. The third kappa shape index (κ3) is 3.83. The first-order valence-electron chi connectivity index (χ1n) is 6.79. The highest BCUT2D eigenvalue weighted by atomic mass is 16.3. The molecule has 1 N–H and O–H groups in total. The van der Waals surface area contributed by atoms with Gasteiger partial charge in [-0.15, -0.1) is 0 Å². The third-order valence-electron chi connectivity index (χ3n) is 3.75. The fourth-order valence-electron chi connectivity index (χ4n) is 2.79. The molecule has 1 aromatic rings. The molecule has 1 atom stereocenters. The number of piperidine rings is 1. The molecule has 0 aromatic heterocycles. The molecule has 0 bridgehead atoms. The van der Waals surface area contributed by atoms with Gasteiger partial charge in [-0.25, -0.2) is 0 Å². The van der Waals surface area contributed by atoms with Gasteiger partial charge in [0.05, 0.1) is 6.61 Å². The molecule has 1 saturated heterocycles. The quantitative estimate of drug-likeness (QED) is 0.844. The number of aliphatic hydroxyl groups excluding tert-OH is 1. The second kappa shape index (κ2) is 6.77. The minimum atomic E-state index is 0.293. The van der Waals surface area contributed by atoms with Crippen molar-refractivity contribution in [3.05, 3.63) is 35.9 Å². The van der Waals surface area contributed by atoms with Crippen LogP contribution < -0.4 is 0 Å². The molecular formula is C15H23NO. The molecule has 1 fully saturated rings. The summed E-state index contributed by atoms with van der Waals surface area (Å²) in [4.78, 5) is 2.46. The number of rotatable bonds is 5. The lowest BCUT2D eigenvalue weighted by molar-refractivity contribution is 0.111. The summed E-state index contributed by atoms with van der Waals surface area (Å²) in [5.74, 6) is 0. The normalized spacial score (nSPS) is 21.6. The molecule has 0 spiro atoms. The van der Waals surface area contributed by atoms with Crippen molar-refractivity contribution in [3.8, 4) is 0 Å². The predicted molar refractivity (Wildman–Crippen MR) is 71.1 cm³/mol. The van der Waals surface area contributed by atoms with Gasteiger partial charge >= 0.3 is 0 Å². The molecule has 0 aliphatic carbocycles. The summed E-state index contributed by atoms with van der Waals surface area (Å²) in [6.45, 7) is 2.31. The molecule has 0 radical (unpaired) electrons. The summed E-state index contributed by atoms with van der Waals surface area (Å²) in [5.41, 5.74) is 1.43. The van der Waals surface area contributed by atoms with E-state index in [1.54, 1.807) is 0 Å². The van der Waals surface area contributed by atoms with Crippen molar-refractivity contribution in [1.82, 2.24) is 4.90 Å². The van der Waals surface area contributed by atoms with Gasteiger partial charge in [0.15, 0.2) is 0 Å². The molecule has 94 valence electrons. The zero-order chi connectivity index (χ0) is 11.9. The average molecular weight is 233 g/mol. The van der Waals surface area contributed by atoms with E-state index >= 15 is 0 Å². The highest BCUT2D eigenvalue weighted by molar-refractivity contribution is 5.14. The summed E-state index contributed by atoms with van der Waals surface area (Å²) < 4.78 is 0. The molecule has 2 nitrogen and oxygen atoms in total. The number of likely N-dealkylation sites (tertiary alicyclic amines) is 1. The van der Waals surface area contributed by atoms with Crippen LogP contribution in [-0.4, -0.2) is 35.7 Å². The van der Waals surface area contributed by atoms with Crippen molar-refractivity contribution >= 4 is 0 Å². The van der Waals surface area contributed by atoms with E-state index in [1.807, 2.05) is 0 Å². The number of β-amino-alcohol motifs (C(OH)–C–C–N with tert-alkyl or cyclic N) is 1. The van der Waals surface area contributed by atoms with Crippen LogP contribution in [0.25, 0.3) is 0 Å². The van der Waals surface area contributed by atoms with Crippen LogP contribution in [0.1, 0.15) is 31.2 Å². The Hall–Kier alpha value is -0.860. The van der Waals surface area contributed by atoms with E-state index in [-0.39, 0.29) is 0 Å². The van der Waals surface area contributed by atoms with E-state index in [9.17, 15) is 0 Å². The van der Waals surface area contributed by atoms with E-state index in [4.69, 9.17) is 5.11 Å². The summed E-state index contributed by atoms with van der Waals surface area (Å²) in [6.07, 6.45) is 6.33. The summed E-state index contributed by atoms with van der Waals surface area (Å²) in [7, 11) is 0. The molecule has 0 saturated carbocycles. The number of aryl methyl sites for hydroxylation is 1. The SMILES string of the molecule is OCCN1CCCCC1CCc1ccccc1. The Balaban J connectivity index is 1.84. The molecule has 1 aromatic carbocycles. The number of benzene rings is 1. The summed E-state index contributed by atoms with van der Waals surface area (Å²) >= 11 is 0. The van der Waals surface area contributed by atoms with E-state index in [0.29, 0.717) is 12.6 Å². The van der Waals surface area contributed by atoms with Gasteiger partial charge in [-0.1, -0.05) is 36.8 Å². The maximum atomic E-state index is 9.08. The van der Waals surface area contributed by atoms with Gasteiger partial charge in [0.25, 0.3) is 0 Å². The first-order chi connectivity index (χ1) is 8.40. The number of hydrogen-bond donors (Lipinski definition) is 1. The highest BCUT2D eigenvalue weighted by Gasteiger charge is 2.21. The lowest BCUT2D eigenvalue weighted by Gasteiger charge is -2.35. The van der Waals surface area contributed by atoms with Crippen molar-refractivity contribution in [2.24, 2.45) is 0 Å². The first kappa shape index (κ1) is 12.6. The van der Waals surface area contributed by atoms with Crippen LogP contribution in [-0.2, 0) is 6.42 Å². The standard InChI is InChI=1S/C15H23NO/c17-13-12-16-11-5-4-8-15(16)10-9-14-6-2-1-3-7-14/h1-3,6-7,15,17H,4-5,8-13H2. The first-order valence-corrected chi connectivity index (χ1v) is 6.79. The minimum Gasteiger partial charge on any atom is -0.395 e. The molecule has 2 heteroatoms. The van der Waals surface area contributed by atoms with Gasteiger partial charge in [-0.2, -0.15) is 0 Å². The van der Waals surface area contributed by atoms with Gasteiger partial charge in [-0.3, -0.25) is 4.90 Å². The fourth-order valence-corrected chi connectivity index (χ4v) is 2.79. The lowest BCUT2D eigenvalue weighted by atomic mass is 9.96. The average Bonchev–Trinajstić information content (AvgIpc) is 2.39. The van der Waals surface area contributed by atoms with E-state index in [1.165, 1.54) is 37.8 Å². The molecule has 1 aliphatic rings. The van der Waals surface area contributed by atoms with Crippen LogP contribution >= 0.6 is 0 Å². The zero-order valence-corrected chi connectivity index (χ0v) is 10.5. The van der Waals surface area contributed by atoms with Crippen LogP contribution in [0.4, 0.5) is 0 Å². The maximum absolute atomic E-state index is 9.08. The molecular weight excluding hydrogens is 210 g/mol. The monoisotopic (exact) mass is 233 g/mol. The smallest absolute Gasteiger partial charge is 0.0558 e. The Morgan fingerprint density at radius 1 is 1.18 bits per heavy atom. The minimum absolute atomic E-state index is 0.293. The molecule has 0 amide bonds. The zero-order valence-electron chi connectivity index (χ0n) is 10.5. The van der Waals surface area contributed by atoms with Gasteiger partial charge in [0.2, 0.25) is 0 Å². The Bertz CT molecular complexity index is 310. The van der Waals surface area contributed by atoms with Crippen molar-refractivity contribution in [1.29, 1.82) is 0 Å². The topological polar surface area (TPSA) is 23.5 Å².